The maximum absolute atomic E-state index is 15.2. The van der Waals surface area contributed by atoms with E-state index in [9.17, 15) is 9.90 Å². The van der Waals surface area contributed by atoms with Crippen LogP contribution in [-0.2, 0) is 28.1 Å². The van der Waals surface area contributed by atoms with Gasteiger partial charge in [-0.15, -0.1) is 5.10 Å². The van der Waals surface area contributed by atoms with E-state index in [-0.39, 0.29) is 36.0 Å². The van der Waals surface area contributed by atoms with E-state index in [1.165, 1.54) is 5.19 Å². The first-order valence-electron chi connectivity index (χ1n) is 17.4. The van der Waals surface area contributed by atoms with E-state index in [0.29, 0.717) is 30.6 Å². The van der Waals surface area contributed by atoms with Crippen LogP contribution in [0.1, 0.15) is 35.0 Å². The lowest BCUT2D eigenvalue weighted by Crippen LogP contribution is -2.51. The molecular formula is C40H43N5O5Si. The Labute approximate surface area is 299 Å². The molecule has 0 aliphatic carbocycles. The molecule has 10 nitrogen and oxygen atoms in total. The molecule has 11 heteroatoms. The minimum Gasteiger partial charge on any atom is -0.497 e. The van der Waals surface area contributed by atoms with E-state index >= 15 is 4.79 Å². The zero-order chi connectivity index (χ0) is 35.8. The average molecular weight is 702 g/mol. The van der Waals surface area contributed by atoms with Crippen molar-refractivity contribution in [3.05, 3.63) is 126 Å². The lowest BCUT2D eigenvalue weighted by atomic mass is 9.82. The molecule has 7 rings (SSSR count). The van der Waals surface area contributed by atoms with Crippen molar-refractivity contribution in [2.75, 3.05) is 23.9 Å². The molecule has 2 aliphatic heterocycles. The number of nitrogens with zero attached hydrogens (tertiary/aromatic N) is 4. The monoisotopic (exact) mass is 701 g/mol. The molecule has 1 spiro atoms. The van der Waals surface area contributed by atoms with Crippen molar-refractivity contribution in [3.63, 3.8) is 0 Å². The zero-order valence-corrected chi connectivity index (χ0v) is 30.3. The second-order valence-corrected chi connectivity index (χ2v) is 18.6. The summed E-state index contributed by atoms with van der Waals surface area (Å²) in [4.78, 5) is 30.3. The van der Waals surface area contributed by atoms with Crippen LogP contribution in [-0.4, -0.2) is 59.8 Å². The van der Waals surface area contributed by atoms with E-state index in [0.717, 1.165) is 28.4 Å². The Morgan fingerprint density at radius 3 is 2.39 bits per heavy atom. The third-order valence-corrected chi connectivity index (χ3v) is 15.0. The van der Waals surface area contributed by atoms with Crippen LogP contribution >= 0.6 is 0 Å². The normalized spacial score (nSPS) is 21.2. The minimum atomic E-state index is -2.38. The van der Waals surface area contributed by atoms with E-state index < -0.39 is 13.7 Å². The highest BCUT2D eigenvalue weighted by Crippen LogP contribution is 2.61. The third-order valence-electron chi connectivity index (χ3n) is 10.6. The quantitative estimate of drug-likeness (QED) is 0.161. The predicted molar refractivity (Wildman–Crippen MR) is 199 cm³/mol. The zero-order valence-electron chi connectivity index (χ0n) is 29.3. The van der Waals surface area contributed by atoms with Gasteiger partial charge < -0.3 is 19.9 Å². The van der Waals surface area contributed by atoms with Gasteiger partial charge in [0.15, 0.2) is 5.60 Å². The average Bonchev–Trinajstić information content (AvgIpc) is 3.80. The number of carbonyl (C=O) groups excluding carboxylic acids is 2. The van der Waals surface area contributed by atoms with Crippen LogP contribution < -0.4 is 20.1 Å². The number of ether oxygens (including phenoxy) is 2. The fourth-order valence-corrected chi connectivity index (χ4v) is 12.2. The molecule has 5 aromatic rings. The molecule has 2 aliphatic rings. The van der Waals surface area contributed by atoms with Crippen LogP contribution in [0.5, 0.6) is 5.75 Å². The van der Waals surface area contributed by atoms with Crippen LogP contribution in [0.25, 0.3) is 0 Å². The van der Waals surface area contributed by atoms with Crippen LogP contribution in [0.4, 0.5) is 17.1 Å². The van der Waals surface area contributed by atoms with Gasteiger partial charge >= 0.3 is 0 Å². The van der Waals surface area contributed by atoms with Crippen molar-refractivity contribution in [2.45, 2.75) is 56.7 Å². The second kappa shape index (κ2) is 13.9. The Balaban J connectivity index is 1.33. The van der Waals surface area contributed by atoms with Gasteiger partial charge in [0.2, 0.25) is 0 Å². The number of aryl methyl sites for hydroxylation is 1. The van der Waals surface area contributed by atoms with Gasteiger partial charge in [-0.25, -0.2) is 0 Å². The molecule has 0 bridgehead atoms. The first kappa shape index (κ1) is 34.4. The summed E-state index contributed by atoms with van der Waals surface area (Å²) in [6.45, 7) is 7.40. The predicted octanol–water partition coefficient (Wildman–Crippen LogP) is 6.06. The van der Waals surface area contributed by atoms with E-state index in [4.69, 9.17) is 9.47 Å². The Bertz CT molecular complexity index is 2020. The molecule has 1 saturated heterocycles. The number of aliphatic hydroxyl groups excluding tert-OH is 1. The van der Waals surface area contributed by atoms with Gasteiger partial charge in [0.1, 0.15) is 5.75 Å². The molecule has 4 aromatic carbocycles. The summed E-state index contributed by atoms with van der Waals surface area (Å²) in [6.07, 6.45) is 2.60. The molecule has 2 N–H and O–H groups in total. The number of hydrogen-bond acceptors (Lipinski definition) is 7. The Hall–Kier alpha value is -5.10. The smallest absolute Gasteiger partial charge is 0.268 e. The molecule has 1 aromatic heterocycles. The van der Waals surface area contributed by atoms with Crippen molar-refractivity contribution < 1.29 is 24.2 Å². The maximum atomic E-state index is 15.2. The van der Waals surface area contributed by atoms with Crippen LogP contribution in [0.2, 0.25) is 18.6 Å². The number of benzene rings is 4. The molecule has 3 heterocycles. The summed E-state index contributed by atoms with van der Waals surface area (Å²) >= 11 is 0. The number of hydrogen-bond donors (Lipinski definition) is 2. The number of rotatable bonds is 11. The summed E-state index contributed by atoms with van der Waals surface area (Å²) in [5.41, 5.74) is 2.80. The highest BCUT2D eigenvalue weighted by atomic mass is 28.3. The number of carbonyl (C=O) groups is 2. The summed E-state index contributed by atoms with van der Waals surface area (Å²) in [6, 6.07) is 32.7. The number of amides is 2. The van der Waals surface area contributed by atoms with Gasteiger partial charge in [-0.2, -0.15) is 0 Å². The van der Waals surface area contributed by atoms with E-state index in [2.05, 4.69) is 47.8 Å². The Kier molecular flexibility index (Phi) is 9.36. The highest BCUT2D eigenvalue weighted by molar-refractivity contribution is 6.91. The third kappa shape index (κ3) is 6.15. The van der Waals surface area contributed by atoms with Gasteiger partial charge in [0.05, 0.1) is 32.7 Å². The first-order valence-corrected chi connectivity index (χ1v) is 20.5. The van der Waals surface area contributed by atoms with Gasteiger partial charge in [0, 0.05) is 54.2 Å². The topological polar surface area (TPSA) is 119 Å². The maximum Gasteiger partial charge on any atom is 0.268 e. The lowest BCUT2D eigenvalue weighted by Gasteiger charge is -2.37. The first-order chi connectivity index (χ1) is 24.7. The molecule has 262 valence electrons. The number of anilines is 3. The molecule has 0 unspecified atom stereocenters. The largest absolute Gasteiger partial charge is 0.497 e. The summed E-state index contributed by atoms with van der Waals surface area (Å²) in [5.74, 6) is 0.194. The van der Waals surface area contributed by atoms with Gasteiger partial charge in [-0.05, 0) is 66.6 Å². The van der Waals surface area contributed by atoms with Crippen LogP contribution in [0.3, 0.4) is 0 Å². The van der Waals surface area contributed by atoms with Gasteiger partial charge in [-0.1, -0.05) is 78.9 Å². The van der Waals surface area contributed by atoms with Crippen LogP contribution in [0, 0.1) is 5.92 Å². The fraction of sp³-hybridized carbons (Fsp3) is 0.300. The summed E-state index contributed by atoms with van der Waals surface area (Å²) < 4.78 is 14.6. The number of fused-ring (bicyclic) bond motifs is 2. The standard InChI is InChI=1S/C40H43N5O5Si/c1-27-37(51(3,4)33-18-16-32(49-2)17-19-33)36(21-23-44-26-30(22-24-46)42-43-44)50-40(27)34-25-29(41-38(47)28-11-7-5-8-12-28)15-20-35(34)45(39(40)48)31-13-9-6-10-14-31/h5-20,25-27,36-37,46H,21-24H2,1-4H3,(H,41,47)/t27-,36+,37-,40+/m0/s1. The molecule has 4 atom stereocenters. The number of nitrogens with one attached hydrogen (secondary N) is 1. The summed E-state index contributed by atoms with van der Waals surface area (Å²) in [7, 11) is -0.718. The number of para-hydroxylation sites is 1. The number of aromatic nitrogens is 3. The fourth-order valence-electron chi connectivity index (χ4n) is 8.15. The van der Waals surface area contributed by atoms with E-state index in [1.54, 1.807) is 28.8 Å². The summed E-state index contributed by atoms with van der Waals surface area (Å²) in [5, 5.41) is 22.3. The van der Waals surface area contributed by atoms with Crippen molar-refractivity contribution >= 4 is 42.1 Å². The highest BCUT2D eigenvalue weighted by Gasteiger charge is 2.66. The van der Waals surface area contributed by atoms with Crippen molar-refractivity contribution in [2.24, 2.45) is 5.92 Å². The second-order valence-electron chi connectivity index (χ2n) is 13.9. The number of aliphatic hydroxyl groups is 1. The van der Waals surface area contributed by atoms with Gasteiger partial charge in [-0.3, -0.25) is 19.2 Å². The Morgan fingerprint density at radius 2 is 1.71 bits per heavy atom. The molecule has 2 amide bonds. The van der Waals surface area contributed by atoms with Crippen molar-refractivity contribution in [1.29, 1.82) is 0 Å². The number of methoxy groups -OCH3 is 1. The lowest BCUT2D eigenvalue weighted by molar-refractivity contribution is -0.145. The van der Waals surface area contributed by atoms with Crippen molar-refractivity contribution in [3.8, 4) is 5.75 Å². The van der Waals surface area contributed by atoms with Crippen LogP contribution in [0.15, 0.2) is 109 Å². The molecule has 1 fully saturated rings. The SMILES string of the molecule is COc1ccc([Si](C)(C)[C@@H]2[C@@H](CCn3cc(CCO)nn3)O[C@]3(C(=O)N(c4ccccc4)c4ccc(NC(=O)c5ccccc5)cc43)[C@H]2C)cc1. The molecule has 0 saturated carbocycles. The molecule has 0 radical (unpaired) electrons. The molecule has 51 heavy (non-hydrogen) atoms. The van der Waals surface area contributed by atoms with E-state index in [1.807, 2.05) is 85.1 Å². The van der Waals surface area contributed by atoms with Crippen molar-refractivity contribution in [1.82, 2.24) is 15.0 Å². The molecular weight excluding hydrogens is 659 g/mol. The minimum absolute atomic E-state index is 0.00140. The van der Waals surface area contributed by atoms with Gasteiger partial charge in [0.25, 0.3) is 11.8 Å². The Morgan fingerprint density at radius 1 is 1.00 bits per heavy atom.